The van der Waals surface area contributed by atoms with Gasteiger partial charge in [-0.25, -0.2) is 0 Å². The van der Waals surface area contributed by atoms with E-state index in [0.29, 0.717) is 12.3 Å². The molecule has 1 N–H and O–H groups in total. The third-order valence-electron chi connectivity index (χ3n) is 3.80. The van der Waals surface area contributed by atoms with E-state index >= 15 is 0 Å². The van der Waals surface area contributed by atoms with E-state index in [1.165, 1.54) is 57.8 Å². The lowest BCUT2D eigenvalue weighted by atomic mass is 10.1. The zero-order valence-corrected chi connectivity index (χ0v) is 14.2. The fraction of sp³-hybridized carbons (Fsp3) is 0.944. The molecule has 120 valence electrons. The highest BCUT2D eigenvalue weighted by Gasteiger charge is 2.01. The first-order valence-corrected chi connectivity index (χ1v) is 8.93. The molecule has 0 bridgehead atoms. The lowest BCUT2D eigenvalue weighted by molar-refractivity contribution is -0.121. The van der Waals surface area contributed by atoms with E-state index in [2.05, 4.69) is 26.1 Å². The highest BCUT2D eigenvalue weighted by atomic mass is 16.1. The SMILES string of the molecule is CCCCCCCCCCCCC(=O)NCCC(C)C. The number of carbonyl (C=O) groups is 1. The first kappa shape index (κ1) is 19.5. The van der Waals surface area contributed by atoms with Gasteiger partial charge in [-0.2, -0.15) is 0 Å². The van der Waals surface area contributed by atoms with Crippen LogP contribution in [0.5, 0.6) is 0 Å². The van der Waals surface area contributed by atoms with Gasteiger partial charge in [0.1, 0.15) is 0 Å². The Kier molecular flexibility index (Phi) is 14.5. The molecule has 0 unspecified atom stereocenters. The summed E-state index contributed by atoms with van der Waals surface area (Å²) in [6.45, 7) is 7.48. The van der Waals surface area contributed by atoms with Gasteiger partial charge in [0.15, 0.2) is 0 Å². The van der Waals surface area contributed by atoms with Gasteiger partial charge < -0.3 is 5.32 Å². The van der Waals surface area contributed by atoms with Crippen molar-refractivity contribution in [2.24, 2.45) is 5.92 Å². The van der Waals surface area contributed by atoms with Crippen LogP contribution in [-0.4, -0.2) is 12.5 Å². The molecular weight excluding hydrogens is 246 g/mol. The van der Waals surface area contributed by atoms with Gasteiger partial charge in [-0.3, -0.25) is 4.79 Å². The Balaban J connectivity index is 3.13. The van der Waals surface area contributed by atoms with Gasteiger partial charge in [-0.15, -0.1) is 0 Å². The Morgan fingerprint density at radius 3 is 1.85 bits per heavy atom. The Morgan fingerprint density at radius 1 is 0.850 bits per heavy atom. The molecule has 1 amide bonds. The van der Waals surface area contributed by atoms with Crippen molar-refractivity contribution in [3.8, 4) is 0 Å². The Morgan fingerprint density at radius 2 is 1.35 bits per heavy atom. The van der Waals surface area contributed by atoms with Gasteiger partial charge >= 0.3 is 0 Å². The minimum atomic E-state index is 0.241. The highest BCUT2D eigenvalue weighted by molar-refractivity contribution is 5.75. The number of carbonyl (C=O) groups excluding carboxylic acids is 1. The van der Waals surface area contributed by atoms with Crippen molar-refractivity contribution in [3.63, 3.8) is 0 Å². The van der Waals surface area contributed by atoms with Gasteiger partial charge in [0.25, 0.3) is 0 Å². The first-order chi connectivity index (χ1) is 9.66. The predicted molar refractivity (Wildman–Crippen MR) is 88.9 cm³/mol. The summed E-state index contributed by atoms with van der Waals surface area (Å²) in [5.41, 5.74) is 0. The van der Waals surface area contributed by atoms with Crippen molar-refractivity contribution < 1.29 is 4.79 Å². The molecule has 0 saturated carbocycles. The van der Waals surface area contributed by atoms with Crippen LogP contribution in [0.3, 0.4) is 0 Å². The number of hydrogen-bond donors (Lipinski definition) is 1. The van der Waals surface area contributed by atoms with Crippen LogP contribution >= 0.6 is 0 Å². The van der Waals surface area contributed by atoms with E-state index in [-0.39, 0.29) is 5.91 Å². The van der Waals surface area contributed by atoms with Crippen molar-refractivity contribution in [1.29, 1.82) is 0 Å². The van der Waals surface area contributed by atoms with Crippen molar-refractivity contribution in [2.45, 2.75) is 97.8 Å². The average molecular weight is 284 g/mol. The van der Waals surface area contributed by atoms with E-state index in [9.17, 15) is 4.79 Å². The zero-order valence-electron chi connectivity index (χ0n) is 14.2. The molecule has 0 spiro atoms. The van der Waals surface area contributed by atoms with Crippen molar-refractivity contribution >= 4 is 5.91 Å². The van der Waals surface area contributed by atoms with Gasteiger partial charge in [0, 0.05) is 13.0 Å². The molecule has 0 aliphatic rings. The Labute approximate surface area is 127 Å². The molecule has 0 radical (unpaired) electrons. The van der Waals surface area contributed by atoms with E-state index in [0.717, 1.165) is 19.4 Å². The molecule has 0 saturated heterocycles. The molecule has 0 atom stereocenters. The van der Waals surface area contributed by atoms with Gasteiger partial charge in [0.05, 0.1) is 0 Å². The quantitative estimate of drug-likeness (QED) is 0.421. The number of nitrogens with one attached hydrogen (secondary N) is 1. The second-order valence-corrected chi connectivity index (χ2v) is 6.46. The van der Waals surface area contributed by atoms with Crippen LogP contribution < -0.4 is 5.32 Å². The van der Waals surface area contributed by atoms with E-state index in [4.69, 9.17) is 0 Å². The molecule has 0 aromatic carbocycles. The van der Waals surface area contributed by atoms with E-state index in [1.54, 1.807) is 0 Å². The number of hydrogen-bond acceptors (Lipinski definition) is 1. The molecule has 0 aliphatic carbocycles. The van der Waals surface area contributed by atoms with Crippen LogP contribution in [0.25, 0.3) is 0 Å². The largest absolute Gasteiger partial charge is 0.356 e. The molecule has 20 heavy (non-hydrogen) atoms. The standard InChI is InChI=1S/C18H37NO/c1-4-5-6-7-8-9-10-11-12-13-14-18(20)19-16-15-17(2)3/h17H,4-16H2,1-3H3,(H,19,20). The third-order valence-corrected chi connectivity index (χ3v) is 3.80. The van der Waals surface area contributed by atoms with Crippen LogP contribution in [0.2, 0.25) is 0 Å². The summed E-state index contributed by atoms with van der Waals surface area (Å²) in [4.78, 5) is 11.5. The summed E-state index contributed by atoms with van der Waals surface area (Å²) < 4.78 is 0. The number of unbranched alkanes of at least 4 members (excludes halogenated alkanes) is 9. The maximum atomic E-state index is 11.5. The molecule has 0 aromatic rings. The molecule has 0 heterocycles. The summed E-state index contributed by atoms with van der Waals surface area (Å²) in [5, 5.41) is 3.01. The van der Waals surface area contributed by atoms with Crippen molar-refractivity contribution in [1.82, 2.24) is 5.32 Å². The fourth-order valence-corrected chi connectivity index (χ4v) is 2.36. The average Bonchev–Trinajstić information content (AvgIpc) is 2.40. The topological polar surface area (TPSA) is 29.1 Å². The minimum absolute atomic E-state index is 0.241. The molecule has 0 aliphatic heterocycles. The van der Waals surface area contributed by atoms with Crippen LogP contribution in [0.15, 0.2) is 0 Å². The predicted octanol–water partition coefficient (Wildman–Crippen LogP) is 5.46. The summed E-state index contributed by atoms with van der Waals surface area (Å²) in [6, 6.07) is 0. The minimum Gasteiger partial charge on any atom is -0.356 e. The molecule has 0 aromatic heterocycles. The fourth-order valence-electron chi connectivity index (χ4n) is 2.36. The molecule has 2 nitrogen and oxygen atoms in total. The summed E-state index contributed by atoms with van der Waals surface area (Å²) in [7, 11) is 0. The van der Waals surface area contributed by atoms with Crippen molar-refractivity contribution in [3.05, 3.63) is 0 Å². The maximum absolute atomic E-state index is 11.5. The van der Waals surface area contributed by atoms with Crippen LogP contribution in [0, 0.1) is 5.92 Å². The zero-order chi connectivity index (χ0) is 15.1. The van der Waals surface area contributed by atoms with E-state index in [1.807, 2.05) is 0 Å². The number of amides is 1. The third kappa shape index (κ3) is 15.5. The highest BCUT2D eigenvalue weighted by Crippen LogP contribution is 2.11. The summed E-state index contributed by atoms with van der Waals surface area (Å²) >= 11 is 0. The smallest absolute Gasteiger partial charge is 0.219 e. The Bertz CT molecular complexity index is 213. The lowest BCUT2D eigenvalue weighted by Crippen LogP contribution is -2.24. The van der Waals surface area contributed by atoms with Gasteiger partial charge in [-0.1, -0.05) is 78.6 Å². The molecular formula is C18H37NO. The second-order valence-electron chi connectivity index (χ2n) is 6.46. The second kappa shape index (κ2) is 14.9. The molecule has 2 heteroatoms. The van der Waals surface area contributed by atoms with Crippen LogP contribution in [0.1, 0.15) is 97.8 Å². The molecule has 0 fully saturated rings. The number of rotatable bonds is 14. The molecule has 0 rings (SSSR count). The van der Waals surface area contributed by atoms with Crippen molar-refractivity contribution in [2.75, 3.05) is 6.54 Å². The monoisotopic (exact) mass is 283 g/mol. The lowest BCUT2D eigenvalue weighted by Gasteiger charge is -2.07. The van der Waals surface area contributed by atoms with Crippen LogP contribution in [-0.2, 0) is 4.79 Å². The first-order valence-electron chi connectivity index (χ1n) is 8.93. The normalized spacial score (nSPS) is 11.0. The Hall–Kier alpha value is -0.530. The van der Waals surface area contributed by atoms with Crippen LogP contribution in [0.4, 0.5) is 0 Å². The van der Waals surface area contributed by atoms with E-state index < -0.39 is 0 Å². The maximum Gasteiger partial charge on any atom is 0.219 e. The summed E-state index contributed by atoms with van der Waals surface area (Å²) in [5.74, 6) is 0.915. The summed E-state index contributed by atoms with van der Waals surface area (Å²) in [6.07, 6.45) is 15.0. The van der Waals surface area contributed by atoms with Gasteiger partial charge in [-0.05, 0) is 18.8 Å². The van der Waals surface area contributed by atoms with Gasteiger partial charge in [0.2, 0.25) is 5.91 Å².